The molecule has 2 aromatic carbocycles. The molecular formula is C32H37N5O2S. The Bertz CT molecular complexity index is 1640. The maximum Gasteiger partial charge on any atom is 0.175 e. The molecule has 1 aliphatic carbocycles. The average Bonchev–Trinajstić information content (AvgIpc) is 3.42. The van der Waals surface area contributed by atoms with Gasteiger partial charge >= 0.3 is 0 Å². The van der Waals surface area contributed by atoms with Crippen LogP contribution in [-0.2, 0) is 9.84 Å². The number of hydrogen-bond acceptors (Lipinski definition) is 6. The lowest BCUT2D eigenvalue weighted by atomic mass is 10.0. The van der Waals surface area contributed by atoms with E-state index in [1.165, 1.54) is 31.6 Å². The molecular weight excluding hydrogens is 518 g/mol. The van der Waals surface area contributed by atoms with Crippen LogP contribution >= 0.6 is 0 Å². The van der Waals surface area contributed by atoms with Gasteiger partial charge in [-0.15, -0.1) is 0 Å². The summed E-state index contributed by atoms with van der Waals surface area (Å²) in [6.07, 6.45) is 5.35. The minimum Gasteiger partial charge on any atom is -0.371 e. The van der Waals surface area contributed by atoms with Crippen molar-refractivity contribution in [1.82, 2.24) is 19.4 Å². The standard InChI is InChI=1S/C32H37N5O2S/c1-21(2)16-35-17-24-19-36(20-25(24)18-35)26-8-4-22(5-9-26)29-14-31-30(15-33-29)34-32(37(31)27-10-11-27)23-6-12-28(13-7-23)40(3,38)39/h4-9,12-15,21,24-25,27H,10-11,16-20H2,1-3H3/t24-,25+. The highest BCUT2D eigenvalue weighted by Crippen LogP contribution is 2.42. The van der Waals surface area contributed by atoms with E-state index in [2.05, 4.69) is 58.5 Å². The third kappa shape index (κ3) is 4.81. The first-order valence-corrected chi connectivity index (χ1v) is 16.4. The fourth-order valence-corrected chi connectivity index (χ4v) is 7.35. The van der Waals surface area contributed by atoms with Crippen LogP contribution < -0.4 is 4.90 Å². The van der Waals surface area contributed by atoms with Crippen molar-refractivity contribution in [1.29, 1.82) is 0 Å². The Morgan fingerprint density at radius 2 is 1.55 bits per heavy atom. The molecule has 7 nitrogen and oxygen atoms in total. The first-order valence-electron chi connectivity index (χ1n) is 14.5. The lowest BCUT2D eigenvalue weighted by molar-refractivity contribution is 0.280. The van der Waals surface area contributed by atoms with Gasteiger partial charge in [0.15, 0.2) is 9.84 Å². The van der Waals surface area contributed by atoms with Gasteiger partial charge in [0, 0.05) is 61.8 Å². The fourth-order valence-electron chi connectivity index (χ4n) is 6.72. The molecule has 2 atom stereocenters. The summed E-state index contributed by atoms with van der Waals surface area (Å²) in [4.78, 5) is 15.3. The predicted octanol–water partition coefficient (Wildman–Crippen LogP) is 5.53. The van der Waals surface area contributed by atoms with E-state index >= 15 is 0 Å². The van der Waals surface area contributed by atoms with E-state index in [1.54, 1.807) is 12.1 Å². The van der Waals surface area contributed by atoms with Crippen molar-refractivity contribution in [3.63, 3.8) is 0 Å². The van der Waals surface area contributed by atoms with Crippen LogP contribution in [-0.4, -0.2) is 66.8 Å². The number of anilines is 1. The molecule has 2 aliphatic heterocycles. The number of hydrogen-bond donors (Lipinski definition) is 0. The molecule has 1 saturated carbocycles. The van der Waals surface area contributed by atoms with Crippen LogP contribution in [0.15, 0.2) is 65.7 Å². The lowest BCUT2D eigenvalue weighted by Crippen LogP contribution is -2.31. The van der Waals surface area contributed by atoms with Crippen LogP contribution in [0.3, 0.4) is 0 Å². The highest BCUT2D eigenvalue weighted by molar-refractivity contribution is 7.90. The van der Waals surface area contributed by atoms with Gasteiger partial charge in [-0.25, -0.2) is 13.4 Å². The van der Waals surface area contributed by atoms with Gasteiger partial charge in [0.25, 0.3) is 0 Å². The van der Waals surface area contributed by atoms with Gasteiger partial charge in [0.1, 0.15) is 11.3 Å². The van der Waals surface area contributed by atoms with Crippen molar-refractivity contribution in [2.45, 2.75) is 37.6 Å². The summed E-state index contributed by atoms with van der Waals surface area (Å²) in [6, 6.07) is 18.5. The molecule has 0 amide bonds. The van der Waals surface area contributed by atoms with E-state index < -0.39 is 9.84 Å². The van der Waals surface area contributed by atoms with Crippen LogP contribution in [0, 0.1) is 17.8 Å². The second kappa shape index (κ2) is 9.70. The van der Waals surface area contributed by atoms with E-state index in [-0.39, 0.29) is 0 Å². The summed E-state index contributed by atoms with van der Waals surface area (Å²) in [5.41, 5.74) is 6.22. The van der Waals surface area contributed by atoms with Crippen LogP contribution in [0.1, 0.15) is 32.7 Å². The molecule has 208 valence electrons. The highest BCUT2D eigenvalue weighted by atomic mass is 32.2. The molecule has 2 saturated heterocycles. The van der Waals surface area contributed by atoms with E-state index in [4.69, 9.17) is 9.97 Å². The molecule has 8 heteroatoms. The SMILES string of the molecule is CC(C)CN1C[C@@H]2CN(c3ccc(-c4cc5c(cn4)nc(-c4ccc(S(C)(=O)=O)cc4)n5C4CC4)cc3)C[C@@H]2C1. The van der Waals surface area contributed by atoms with E-state index in [0.717, 1.165) is 77.4 Å². The predicted molar refractivity (Wildman–Crippen MR) is 160 cm³/mol. The number of benzene rings is 2. The first-order chi connectivity index (χ1) is 19.2. The zero-order chi connectivity index (χ0) is 27.6. The maximum atomic E-state index is 11.9. The Morgan fingerprint density at radius 1 is 0.900 bits per heavy atom. The van der Waals surface area contributed by atoms with Gasteiger partial charge in [0.2, 0.25) is 0 Å². The summed E-state index contributed by atoms with van der Waals surface area (Å²) in [5.74, 6) is 3.17. The Balaban J connectivity index is 1.13. The van der Waals surface area contributed by atoms with Gasteiger partial charge in [0.05, 0.1) is 22.3 Å². The normalized spacial score (nSPS) is 21.6. The van der Waals surface area contributed by atoms with Crippen molar-refractivity contribution in [2.24, 2.45) is 17.8 Å². The van der Waals surface area contributed by atoms with Gasteiger partial charge in [-0.3, -0.25) is 4.98 Å². The van der Waals surface area contributed by atoms with Gasteiger partial charge < -0.3 is 14.4 Å². The Morgan fingerprint density at radius 3 is 2.15 bits per heavy atom. The highest BCUT2D eigenvalue weighted by Gasteiger charge is 2.40. The summed E-state index contributed by atoms with van der Waals surface area (Å²) in [5, 5.41) is 0. The molecule has 2 aromatic heterocycles. The third-order valence-electron chi connectivity index (χ3n) is 8.74. The van der Waals surface area contributed by atoms with E-state index in [9.17, 15) is 8.42 Å². The van der Waals surface area contributed by atoms with Gasteiger partial charge in [-0.1, -0.05) is 26.0 Å². The molecule has 4 aromatic rings. The summed E-state index contributed by atoms with van der Waals surface area (Å²) in [6.45, 7) is 10.6. The van der Waals surface area contributed by atoms with E-state index in [0.29, 0.717) is 10.9 Å². The average molecular weight is 556 g/mol. The number of rotatable bonds is 7. The van der Waals surface area contributed by atoms with Crippen LogP contribution in [0.25, 0.3) is 33.7 Å². The molecule has 0 bridgehead atoms. The molecule has 0 N–H and O–H groups in total. The monoisotopic (exact) mass is 555 g/mol. The number of pyridine rings is 1. The van der Waals surface area contributed by atoms with Crippen molar-refractivity contribution in [3.05, 3.63) is 60.8 Å². The zero-order valence-electron chi connectivity index (χ0n) is 23.5. The molecule has 4 heterocycles. The maximum absolute atomic E-state index is 11.9. The fraction of sp³-hybridized carbons (Fsp3) is 0.438. The number of aromatic nitrogens is 3. The molecule has 3 fully saturated rings. The number of fused-ring (bicyclic) bond motifs is 2. The quantitative estimate of drug-likeness (QED) is 0.299. The molecule has 0 unspecified atom stereocenters. The second-order valence-electron chi connectivity index (χ2n) is 12.5. The Hall–Kier alpha value is -3.23. The smallest absolute Gasteiger partial charge is 0.175 e. The third-order valence-corrected chi connectivity index (χ3v) is 9.87. The lowest BCUT2D eigenvalue weighted by Gasteiger charge is -2.24. The van der Waals surface area contributed by atoms with Crippen molar-refractivity contribution >= 4 is 26.6 Å². The second-order valence-corrected chi connectivity index (χ2v) is 14.5. The largest absolute Gasteiger partial charge is 0.371 e. The summed E-state index contributed by atoms with van der Waals surface area (Å²) >= 11 is 0. The molecule has 0 radical (unpaired) electrons. The van der Waals surface area contributed by atoms with Gasteiger partial charge in [-0.2, -0.15) is 0 Å². The number of sulfone groups is 1. The van der Waals surface area contributed by atoms with Crippen LogP contribution in [0.4, 0.5) is 5.69 Å². The van der Waals surface area contributed by atoms with E-state index in [1.807, 2.05) is 18.3 Å². The van der Waals surface area contributed by atoms with Crippen molar-refractivity contribution < 1.29 is 8.42 Å². The minimum atomic E-state index is -3.24. The molecule has 3 aliphatic rings. The Kier molecular flexibility index (Phi) is 6.24. The number of imidazole rings is 1. The minimum absolute atomic E-state index is 0.322. The van der Waals surface area contributed by atoms with Crippen molar-refractivity contribution in [3.8, 4) is 22.6 Å². The topological polar surface area (TPSA) is 71.3 Å². The van der Waals surface area contributed by atoms with Gasteiger partial charge in [-0.05, 0) is 73.1 Å². The van der Waals surface area contributed by atoms with Crippen LogP contribution in [0.2, 0.25) is 0 Å². The Labute approximate surface area is 236 Å². The summed E-state index contributed by atoms with van der Waals surface area (Å²) in [7, 11) is -3.24. The molecule has 0 spiro atoms. The molecule has 7 rings (SSSR count). The van der Waals surface area contributed by atoms with Crippen LogP contribution in [0.5, 0.6) is 0 Å². The first kappa shape index (κ1) is 25.7. The summed E-state index contributed by atoms with van der Waals surface area (Å²) < 4.78 is 26.2. The zero-order valence-corrected chi connectivity index (χ0v) is 24.3. The van der Waals surface area contributed by atoms with Crippen molar-refractivity contribution in [2.75, 3.05) is 43.9 Å². The number of nitrogens with zero attached hydrogens (tertiary/aromatic N) is 5. The number of likely N-dealkylation sites (tertiary alicyclic amines) is 1. The molecule has 40 heavy (non-hydrogen) atoms.